The van der Waals surface area contributed by atoms with Gasteiger partial charge in [-0.2, -0.15) is 0 Å². The average Bonchev–Trinajstić information content (AvgIpc) is 3.11. The number of aliphatic carboxylic acids is 1. The minimum absolute atomic E-state index is 0.0517. The Balaban J connectivity index is 2.19. The molecule has 0 saturated heterocycles. The van der Waals surface area contributed by atoms with Gasteiger partial charge < -0.3 is 20.1 Å². The van der Waals surface area contributed by atoms with E-state index in [-0.39, 0.29) is 36.4 Å². The van der Waals surface area contributed by atoms with Gasteiger partial charge in [-0.3, -0.25) is 9.59 Å². The van der Waals surface area contributed by atoms with Gasteiger partial charge in [0.2, 0.25) is 0 Å². The Bertz CT molecular complexity index is 561. The van der Waals surface area contributed by atoms with Gasteiger partial charge in [0.05, 0.1) is 13.5 Å². The van der Waals surface area contributed by atoms with Gasteiger partial charge in [0, 0.05) is 18.7 Å². The molecule has 1 heterocycles. The van der Waals surface area contributed by atoms with Crippen LogP contribution in [0.2, 0.25) is 0 Å². The number of nitro groups is 1. The number of carboxylic acid groups (broad SMARTS) is 1. The van der Waals surface area contributed by atoms with Gasteiger partial charge in [-0.15, -0.1) is 0 Å². The van der Waals surface area contributed by atoms with Crippen molar-refractivity contribution in [2.75, 3.05) is 6.54 Å². The number of rotatable bonds is 6. The molecule has 1 saturated carbocycles. The van der Waals surface area contributed by atoms with Gasteiger partial charge >= 0.3 is 11.8 Å². The van der Waals surface area contributed by atoms with Crippen LogP contribution in [0.1, 0.15) is 29.8 Å². The fraction of sp³-hybridized carbons (Fsp3) is 0.500. The molecule has 2 rings (SSSR count). The third-order valence-electron chi connectivity index (χ3n) is 3.32. The third-order valence-corrected chi connectivity index (χ3v) is 3.32. The molecule has 8 heteroatoms. The Morgan fingerprint density at radius 3 is 2.60 bits per heavy atom. The fourth-order valence-corrected chi connectivity index (χ4v) is 2.10. The summed E-state index contributed by atoms with van der Waals surface area (Å²) in [5.74, 6) is -1.49. The smallest absolute Gasteiger partial charge is 0.323 e. The molecule has 1 aromatic heterocycles. The van der Waals surface area contributed by atoms with E-state index in [2.05, 4.69) is 0 Å². The third kappa shape index (κ3) is 2.79. The molecule has 0 spiro atoms. The molecule has 0 radical (unpaired) electrons. The van der Waals surface area contributed by atoms with Gasteiger partial charge in [0.25, 0.3) is 5.91 Å². The van der Waals surface area contributed by atoms with E-state index in [0.717, 1.165) is 12.8 Å². The van der Waals surface area contributed by atoms with Crippen LogP contribution in [-0.4, -0.2) is 44.0 Å². The Hall–Kier alpha value is -2.38. The number of hydrogen-bond donors (Lipinski definition) is 1. The highest BCUT2D eigenvalue weighted by molar-refractivity contribution is 5.94. The highest BCUT2D eigenvalue weighted by Gasteiger charge is 2.35. The normalized spacial score (nSPS) is 14.1. The molecule has 1 amide bonds. The average molecular weight is 281 g/mol. The molecule has 1 aliphatic carbocycles. The predicted octanol–water partition coefficient (Wildman–Crippen LogP) is 1.01. The van der Waals surface area contributed by atoms with Crippen LogP contribution in [0, 0.1) is 10.1 Å². The lowest BCUT2D eigenvalue weighted by molar-refractivity contribution is -0.391. The van der Waals surface area contributed by atoms with E-state index in [1.165, 1.54) is 28.6 Å². The maximum atomic E-state index is 12.4. The monoisotopic (exact) mass is 281 g/mol. The van der Waals surface area contributed by atoms with Crippen molar-refractivity contribution in [1.82, 2.24) is 9.47 Å². The number of carbonyl (C=O) groups excluding carboxylic acids is 1. The topological polar surface area (TPSA) is 106 Å². The molecule has 1 N–H and O–H groups in total. The maximum absolute atomic E-state index is 12.4. The Labute approximate surface area is 114 Å². The van der Waals surface area contributed by atoms with E-state index in [9.17, 15) is 19.7 Å². The molecule has 1 aromatic rings. The molecule has 1 fully saturated rings. The summed E-state index contributed by atoms with van der Waals surface area (Å²) in [5.41, 5.74) is 0.203. The molecule has 108 valence electrons. The highest BCUT2D eigenvalue weighted by Crippen LogP contribution is 2.29. The van der Waals surface area contributed by atoms with Crippen LogP contribution in [-0.2, 0) is 11.8 Å². The minimum atomic E-state index is -0.971. The van der Waals surface area contributed by atoms with Crippen molar-refractivity contribution in [3.8, 4) is 0 Å². The predicted molar refractivity (Wildman–Crippen MR) is 68.4 cm³/mol. The van der Waals surface area contributed by atoms with E-state index in [1.807, 2.05) is 0 Å². The largest absolute Gasteiger partial charge is 0.481 e. The maximum Gasteiger partial charge on any atom is 0.323 e. The lowest BCUT2D eigenvalue weighted by Gasteiger charge is -2.20. The van der Waals surface area contributed by atoms with Crippen LogP contribution in [0.25, 0.3) is 0 Å². The van der Waals surface area contributed by atoms with Crippen LogP contribution >= 0.6 is 0 Å². The molecular weight excluding hydrogens is 266 g/mol. The lowest BCUT2D eigenvalue weighted by Crippen LogP contribution is -2.36. The first-order valence-corrected chi connectivity index (χ1v) is 6.24. The number of amides is 1. The van der Waals surface area contributed by atoms with Crippen LogP contribution in [0.4, 0.5) is 5.82 Å². The van der Waals surface area contributed by atoms with Crippen molar-refractivity contribution in [1.29, 1.82) is 0 Å². The van der Waals surface area contributed by atoms with Crippen molar-refractivity contribution in [3.63, 3.8) is 0 Å². The fourth-order valence-electron chi connectivity index (χ4n) is 2.10. The summed E-state index contributed by atoms with van der Waals surface area (Å²) in [6.45, 7) is 0.123. The zero-order valence-corrected chi connectivity index (χ0v) is 11.0. The molecular formula is C12H15N3O5. The summed E-state index contributed by atoms with van der Waals surface area (Å²) in [5, 5.41) is 19.5. The van der Waals surface area contributed by atoms with E-state index < -0.39 is 10.9 Å². The van der Waals surface area contributed by atoms with Crippen molar-refractivity contribution < 1.29 is 19.6 Å². The quantitative estimate of drug-likeness (QED) is 0.618. The Morgan fingerprint density at radius 2 is 2.15 bits per heavy atom. The van der Waals surface area contributed by atoms with E-state index in [4.69, 9.17) is 5.11 Å². The van der Waals surface area contributed by atoms with Crippen LogP contribution in [0.5, 0.6) is 0 Å². The van der Waals surface area contributed by atoms with Crippen molar-refractivity contribution in [2.45, 2.75) is 25.3 Å². The standard InChI is InChI=1S/C12H15N3O5/c1-13-9(4-5-10(13)15(19)20)12(18)14(8-2-3-8)7-6-11(16)17/h4-5,8H,2-3,6-7H2,1H3,(H,16,17). The number of nitrogens with zero attached hydrogens (tertiary/aromatic N) is 3. The number of aromatic nitrogens is 1. The van der Waals surface area contributed by atoms with Crippen LogP contribution in [0.3, 0.4) is 0 Å². The van der Waals surface area contributed by atoms with Crippen LogP contribution < -0.4 is 0 Å². The number of carbonyl (C=O) groups is 2. The second-order valence-electron chi connectivity index (χ2n) is 4.77. The molecule has 1 aliphatic rings. The molecule has 0 atom stereocenters. The second-order valence-corrected chi connectivity index (χ2v) is 4.77. The van der Waals surface area contributed by atoms with Gasteiger partial charge in [0.15, 0.2) is 5.69 Å². The minimum Gasteiger partial charge on any atom is -0.481 e. The first kappa shape index (κ1) is 14.0. The summed E-state index contributed by atoms with van der Waals surface area (Å²) >= 11 is 0. The van der Waals surface area contributed by atoms with Gasteiger partial charge in [-0.05, 0) is 23.8 Å². The van der Waals surface area contributed by atoms with E-state index >= 15 is 0 Å². The van der Waals surface area contributed by atoms with Crippen molar-refractivity contribution in [3.05, 3.63) is 27.9 Å². The highest BCUT2D eigenvalue weighted by atomic mass is 16.6. The summed E-state index contributed by atoms with van der Waals surface area (Å²) in [6.07, 6.45) is 1.56. The summed E-state index contributed by atoms with van der Waals surface area (Å²) in [4.78, 5) is 34.7. The molecule has 20 heavy (non-hydrogen) atoms. The Kier molecular flexibility index (Phi) is 3.73. The first-order chi connectivity index (χ1) is 9.41. The number of carboxylic acids is 1. The Morgan fingerprint density at radius 1 is 1.50 bits per heavy atom. The molecule has 8 nitrogen and oxygen atoms in total. The molecule has 0 bridgehead atoms. The number of hydrogen-bond acceptors (Lipinski definition) is 4. The second kappa shape index (κ2) is 5.32. The molecule has 0 aliphatic heterocycles. The summed E-state index contributed by atoms with van der Waals surface area (Å²) < 4.78 is 1.22. The first-order valence-electron chi connectivity index (χ1n) is 6.24. The molecule has 0 unspecified atom stereocenters. The molecule has 0 aromatic carbocycles. The summed E-state index contributed by atoms with van der Waals surface area (Å²) in [7, 11) is 1.45. The van der Waals surface area contributed by atoms with Gasteiger partial charge in [0.1, 0.15) is 0 Å². The SMILES string of the molecule is Cn1c(C(=O)N(CCC(=O)O)C2CC2)ccc1[N+](=O)[O-]. The van der Waals surface area contributed by atoms with E-state index in [0.29, 0.717) is 0 Å². The van der Waals surface area contributed by atoms with Crippen molar-refractivity contribution in [2.24, 2.45) is 7.05 Å². The van der Waals surface area contributed by atoms with Crippen LogP contribution in [0.15, 0.2) is 12.1 Å². The zero-order chi connectivity index (χ0) is 14.9. The summed E-state index contributed by atoms with van der Waals surface area (Å²) in [6, 6.07) is 2.72. The van der Waals surface area contributed by atoms with Gasteiger partial charge in [-0.25, -0.2) is 4.57 Å². The lowest BCUT2D eigenvalue weighted by atomic mass is 10.3. The van der Waals surface area contributed by atoms with Gasteiger partial charge in [-0.1, -0.05) is 0 Å². The van der Waals surface area contributed by atoms with Crippen molar-refractivity contribution >= 4 is 17.7 Å². The zero-order valence-electron chi connectivity index (χ0n) is 11.0. The van der Waals surface area contributed by atoms with E-state index in [1.54, 1.807) is 0 Å².